The quantitative estimate of drug-likeness (QED) is 0.148. The molecule has 0 radical (unpaired) electrons. The molecule has 1 rings (SSSR count). The number of benzene rings is 1. The van der Waals surface area contributed by atoms with Crippen LogP contribution in [0.5, 0.6) is 0 Å². The van der Waals surface area contributed by atoms with Gasteiger partial charge in [0.25, 0.3) is 0 Å². The Bertz CT molecular complexity index is 734. The van der Waals surface area contributed by atoms with Crippen molar-refractivity contribution in [2.24, 2.45) is 0 Å². The molecule has 0 aliphatic carbocycles. The highest BCUT2D eigenvalue weighted by atomic mass is 35.9. The van der Waals surface area contributed by atoms with E-state index in [4.69, 9.17) is 133 Å². The van der Waals surface area contributed by atoms with Crippen molar-refractivity contribution in [3.63, 3.8) is 0 Å². The van der Waals surface area contributed by atoms with Gasteiger partial charge in [-0.05, 0) is 84.6 Å². The number of rotatable bonds is 12. The Kier molecular flexibility index (Phi) is 14.1. The number of hydrogen-bond donors (Lipinski definition) is 0. The predicted octanol–water partition coefficient (Wildman–Crippen LogP) is 10.8. The van der Waals surface area contributed by atoms with Crippen molar-refractivity contribution in [3.8, 4) is 0 Å². The molecule has 0 spiro atoms. The minimum Gasteiger partial charge on any atom is -0.126 e. The molecule has 31 heavy (non-hydrogen) atoms. The largest absolute Gasteiger partial charge is 0.341 e. The molecule has 0 saturated carbocycles. The first-order chi connectivity index (χ1) is 13.8. The molecule has 16 heteroatoms. The van der Waals surface area contributed by atoms with Gasteiger partial charge in [-0.2, -0.15) is 0 Å². The van der Waals surface area contributed by atoms with Crippen molar-refractivity contribution in [1.82, 2.24) is 0 Å². The predicted molar refractivity (Wildman–Crippen MR) is 158 cm³/mol. The molecule has 1 aromatic rings. The summed E-state index contributed by atoms with van der Waals surface area (Å²) < 4.78 is 0. The Balaban J connectivity index is 3.50. The van der Waals surface area contributed by atoms with Crippen LogP contribution in [0, 0.1) is 6.92 Å². The third-order valence-electron chi connectivity index (χ3n) is 4.71. The van der Waals surface area contributed by atoms with E-state index in [9.17, 15) is 0 Å². The first kappa shape index (κ1) is 32.6. The van der Waals surface area contributed by atoms with Gasteiger partial charge in [-0.15, -0.1) is 133 Å². The van der Waals surface area contributed by atoms with Crippen LogP contribution in [-0.2, 0) is 25.7 Å². The molecular formula is C15H20Cl12Si4. The van der Waals surface area contributed by atoms with Crippen molar-refractivity contribution in [2.45, 2.75) is 56.8 Å². The molecule has 0 aromatic heterocycles. The first-order valence-corrected chi connectivity index (χ1v) is 30.1. The van der Waals surface area contributed by atoms with Crippen LogP contribution in [0.15, 0.2) is 6.07 Å². The van der Waals surface area contributed by atoms with Crippen LogP contribution >= 0.6 is 133 Å². The van der Waals surface area contributed by atoms with Crippen molar-refractivity contribution < 1.29 is 0 Å². The molecule has 0 atom stereocenters. The third-order valence-corrected chi connectivity index (χ3v) is 14.8. The Labute approximate surface area is 244 Å². The Morgan fingerprint density at radius 2 is 0.806 bits per heavy atom. The number of aryl methyl sites for hydroxylation is 2. The maximum Gasteiger partial charge on any atom is 0.341 e. The summed E-state index contributed by atoms with van der Waals surface area (Å²) in [5.74, 6) is 0. The zero-order chi connectivity index (χ0) is 24.3. The minimum atomic E-state index is -2.85. The Morgan fingerprint density at radius 3 is 1.19 bits per heavy atom. The molecular weight excluding hydrogens is 718 g/mol. The fraction of sp³-hybridized carbons (Fsp3) is 0.600. The van der Waals surface area contributed by atoms with E-state index in [1.54, 1.807) is 0 Å². The van der Waals surface area contributed by atoms with Crippen LogP contribution < -0.4 is 0 Å². The van der Waals surface area contributed by atoms with Crippen LogP contribution in [0.1, 0.15) is 27.8 Å². The van der Waals surface area contributed by atoms with Crippen molar-refractivity contribution in [3.05, 3.63) is 33.9 Å². The molecule has 180 valence electrons. The molecule has 1 aromatic carbocycles. The lowest BCUT2D eigenvalue weighted by Gasteiger charge is -2.24. The van der Waals surface area contributed by atoms with Crippen molar-refractivity contribution in [1.29, 1.82) is 0 Å². The Hall–Kier alpha value is 3.57. The second kappa shape index (κ2) is 13.4. The summed E-state index contributed by atoms with van der Waals surface area (Å²) in [5, 5.41) is 0. The van der Waals surface area contributed by atoms with Gasteiger partial charge in [0.2, 0.25) is 0 Å². The molecule has 0 saturated heterocycles. The van der Waals surface area contributed by atoms with Gasteiger partial charge in [-0.1, -0.05) is 6.07 Å². The monoisotopic (exact) mass is 732 g/mol. The lowest BCUT2D eigenvalue weighted by molar-refractivity contribution is 0.935. The van der Waals surface area contributed by atoms with Crippen LogP contribution in [-0.4, -0.2) is 24.0 Å². The second-order valence-corrected chi connectivity index (χ2v) is 44.4. The van der Waals surface area contributed by atoms with E-state index in [1.807, 2.05) is 6.92 Å². The zero-order valence-electron chi connectivity index (χ0n) is 16.3. The SMILES string of the molecule is Cc1c(CC[Si](Cl)(Cl)Cl)cc(CC[Si](Cl)(Cl)Cl)c(CC[Si](Cl)(Cl)Cl)c1CC[Si](Cl)(Cl)Cl. The molecule has 0 bridgehead atoms. The fourth-order valence-electron chi connectivity index (χ4n) is 3.24. The molecule has 0 unspecified atom stereocenters. The lowest BCUT2D eigenvalue weighted by atomic mass is 9.87. The molecule has 0 fully saturated rings. The highest BCUT2D eigenvalue weighted by molar-refractivity contribution is 7.66. The summed E-state index contributed by atoms with van der Waals surface area (Å²) in [4.78, 5) is 0. The normalized spacial score (nSPS) is 13.7. The molecule has 0 N–H and O–H groups in total. The van der Waals surface area contributed by atoms with E-state index in [0.717, 1.165) is 27.8 Å². The smallest absolute Gasteiger partial charge is 0.126 e. The first-order valence-electron chi connectivity index (χ1n) is 9.17. The van der Waals surface area contributed by atoms with Gasteiger partial charge in [-0.25, -0.2) is 0 Å². The molecule has 0 aliphatic heterocycles. The minimum absolute atomic E-state index is 0.466. The van der Waals surface area contributed by atoms with Gasteiger partial charge in [0.05, 0.1) is 0 Å². The van der Waals surface area contributed by atoms with E-state index in [2.05, 4.69) is 6.07 Å². The zero-order valence-corrected chi connectivity index (χ0v) is 29.3. The van der Waals surface area contributed by atoms with E-state index >= 15 is 0 Å². The molecule has 0 aliphatic rings. The van der Waals surface area contributed by atoms with Crippen molar-refractivity contribution >= 4 is 157 Å². The van der Waals surface area contributed by atoms with E-state index in [0.29, 0.717) is 49.9 Å². The van der Waals surface area contributed by atoms with Crippen molar-refractivity contribution in [2.75, 3.05) is 0 Å². The summed E-state index contributed by atoms with van der Waals surface area (Å²) in [6, 6.07) is -7.30. The summed E-state index contributed by atoms with van der Waals surface area (Å²) in [6.45, 7) is 2.04. The summed E-state index contributed by atoms with van der Waals surface area (Å²) >= 11 is 73.9. The molecule has 0 heterocycles. The topological polar surface area (TPSA) is 0 Å². The van der Waals surface area contributed by atoms with E-state index in [-0.39, 0.29) is 0 Å². The Morgan fingerprint density at radius 1 is 0.484 bits per heavy atom. The number of halogens is 12. The highest BCUT2D eigenvalue weighted by Crippen LogP contribution is 2.37. The molecule has 0 amide bonds. The highest BCUT2D eigenvalue weighted by Gasteiger charge is 2.31. The van der Waals surface area contributed by atoms with Crippen LogP contribution in [0.4, 0.5) is 0 Å². The second-order valence-electron chi connectivity index (χ2n) is 7.24. The van der Waals surface area contributed by atoms with Gasteiger partial charge in [0.15, 0.2) is 0 Å². The molecule has 0 nitrogen and oxygen atoms in total. The summed E-state index contributed by atoms with van der Waals surface area (Å²) in [5.41, 5.74) is 5.39. The van der Waals surface area contributed by atoms with Gasteiger partial charge in [0.1, 0.15) is 0 Å². The van der Waals surface area contributed by atoms with Crippen LogP contribution in [0.25, 0.3) is 0 Å². The summed E-state index contributed by atoms with van der Waals surface area (Å²) in [7, 11) is 0. The third kappa shape index (κ3) is 14.8. The number of hydrogen-bond acceptors (Lipinski definition) is 0. The van der Waals surface area contributed by atoms with Gasteiger partial charge in [0, 0.05) is 0 Å². The average Bonchev–Trinajstić information content (AvgIpc) is 2.53. The van der Waals surface area contributed by atoms with Gasteiger partial charge in [-0.3, -0.25) is 0 Å². The summed E-state index contributed by atoms with van der Waals surface area (Å²) in [6.07, 6.45) is 2.42. The van der Waals surface area contributed by atoms with E-state index < -0.39 is 24.0 Å². The maximum absolute atomic E-state index is 6.18. The fourth-order valence-corrected chi connectivity index (χ4v) is 8.81. The lowest BCUT2D eigenvalue weighted by Crippen LogP contribution is -2.18. The van der Waals surface area contributed by atoms with Gasteiger partial charge < -0.3 is 0 Å². The van der Waals surface area contributed by atoms with Crippen LogP contribution in [0.3, 0.4) is 0 Å². The van der Waals surface area contributed by atoms with Gasteiger partial charge >= 0.3 is 24.0 Å². The average molecular weight is 738 g/mol. The van der Waals surface area contributed by atoms with Crippen LogP contribution in [0.2, 0.25) is 24.2 Å². The van der Waals surface area contributed by atoms with E-state index in [1.165, 1.54) is 0 Å². The standard InChI is InChI=1S/C15H20Cl12Si4/c1-11-12(2-6-28(16,17)18)10-13(3-7-29(19,20)21)15(5-9-31(25,26)27)14(11)4-8-30(22,23)24/h10H,2-9H2,1H3. The maximum atomic E-state index is 6.18.